The van der Waals surface area contributed by atoms with E-state index in [4.69, 9.17) is 11.6 Å². The summed E-state index contributed by atoms with van der Waals surface area (Å²) in [5.41, 5.74) is 0.409. The lowest BCUT2D eigenvalue weighted by atomic mass is 9.76. The van der Waals surface area contributed by atoms with Crippen LogP contribution in [0.25, 0.3) is 11.3 Å². The third-order valence-electron chi connectivity index (χ3n) is 7.69. The van der Waals surface area contributed by atoms with Crippen LogP contribution in [0.2, 0.25) is 5.02 Å². The molecule has 2 aliphatic rings. The number of hydrogen-bond acceptors (Lipinski definition) is 7. The highest BCUT2D eigenvalue weighted by molar-refractivity contribution is 6.31. The molecule has 2 amide bonds. The molecule has 3 aromatic heterocycles. The van der Waals surface area contributed by atoms with Crippen molar-refractivity contribution in [3.63, 3.8) is 0 Å². The van der Waals surface area contributed by atoms with Gasteiger partial charge in [-0.05, 0) is 50.3 Å². The van der Waals surface area contributed by atoms with Gasteiger partial charge in [-0.15, -0.1) is 5.10 Å². The molecule has 216 valence electrons. The van der Waals surface area contributed by atoms with Crippen molar-refractivity contribution < 1.29 is 22.8 Å². The smallest absolute Gasteiger partial charge is 0.276 e. The average Bonchev–Trinajstić information content (AvgIpc) is 3.45. The zero-order chi connectivity index (χ0) is 29.7. The number of alkyl halides is 2. The number of carbonyl (C=O) groups excluding carboxylic acids is 2. The fourth-order valence-electron chi connectivity index (χ4n) is 5.37. The highest BCUT2D eigenvalue weighted by Gasteiger charge is 2.47. The number of nitrogens with zero attached hydrogens (tertiary/aromatic N) is 7. The van der Waals surface area contributed by atoms with Crippen molar-refractivity contribution in [2.24, 2.45) is 11.8 Å². The highest BCUT2D eigenvalue weighted by Crippen LogP contribution is 2.43. The number of carbonyl (C=O) groups is 2. The van der Waals surface area contributed by atoms with E-state index in [1.807, 2.05) is 13.0 Å². The van der Waals surface area contributed by atoms with Crippen molar-refractivity contribution in [1.82, 2.24) is 29.9 Å². The van der Waals surface area contributed by atoms with E-state index < -0.39 is 29.3 Å². The third-order valence-corrected chi connectivity index (χ3v) is 7.98. The van der Waals surface area contributed by atoms with E-state index >= 15 is 0 Å². The van der Waals surface area contributed by atoms with E-state index in [1.165, 1.54) is 13.1 Å². The predicted octanol–water partition coefficient (Wildman–Crippen LogP) is 5.15. The number of aromatic nitrogens is 6. The normalized spacial score (nSPS) is 17.9. The lowest BCUT2D eigenvalue weighted by Crippen LogP contribution is -2.29. The van der Waals surface area contributed by atoms with E-state index in [-0.39, 0.29) is 40.5 Å². The van der Waals surface area contributed by atoms with E-state index in [1.54, 1.807) is 15.8 Å². The van der Waals surface area contributed by atoms with Gasteiger partial charge in [0, 0.05) is 29.8 Å². The first-order valence-electron chi connectivity index (χ1n) is 13.2. The zero-order valence-electron chi connectivity index (χ0n) is 22.5. The standard InChI is InChI=1S/C28H24ClF3N8O2/c1-13-7-16(37-38-26(13)40-10-15-3-4-18(15)28(40)42)11-39-12-17(8-34-39)35-27(41)24-14(2)33-9-21(36-24)22-19(25(31)32)5-6-20(29)23(22)30/h5-9,12,15,18,25H,3-4,10-11H2,1-2H3,(H,35,41)/t15-,18-/m1/s1. The fraction of sp³-hybridized carbons (Fsp3) is 0.321. The molecule has 2 atom stereocenters. The maximum atomic E-state index is 14.8. The summed E-state index contributed by atoms with van der Waals surface area (Å²) in [6.07, 6.45) is 3.10. The second-order valence-corrected chi connectivity index (χ2v) is 10.8. The molecule has 1 N–H and O–H groups in total. The molecule has 4 aromatic rings. The van der Waals surface area contributed by atoms with Gasteiger partial charge in [-0.3, -0.25) is 24.2 Å². The fourth-order valence-corrected chi connectivity index (χ4v) is 5.53. The summed E-state index contributed by atoms with van der Waals surface area (Å²) >= 11 is 5.83. The Morgan fingerprint density at radius 1 is 1.19 bits per heavy atom. The summed E-state index contributed by atoms with van der Waals surface area (Å²) in [4.78, 5) is 35.6. The van der Waals surface area contributed by atoms with Crippen molar-refractivity contribution in [3.05, 3.63) is 75.8 Å². The number of aryl methyl sites for hydroxylation is 2. The first-order valence-corrected chi connectivity index (χ1v) is 13.6. The van der Waals surface area contributed by atoms with Gasteiger partial charge in [-0.1, -0.05) is 17.7 Å². The Bertz CT molecular complexity index is 1730. The number of fused-ring (bicyclic) bond motifs is 1. The molecular formula is C28H24ClF3N8O2. The van der Waals surface area contributed by atoms with Gasteiger partial charge >= 0.3 is 0 Å². The Labute approximate surface area is 242 Å². The second kappa shape index (κ2) is 10.8. The van der Waals surface area contributed by atoms with Crippen molar-refractivity contribution >= 4 is 34.9 Å². The van der Waals surface area contributed by atoms with Gasteiger partial charge in [0.15, 0.2) is 11.6 Å². The summed E-state index contributed by atoms with van der Waals surface area (Å²) in [5.74, 6) is -0.571. The highest BCUT2D eigenvalue weighted by atomic mass is 35.5. The molecule has 1 aromatic carbocycles. The maximum absolute atomic E-state index is 14.8. The first-order chi connectivity index (χ1) is 20.1. The second-order valence-electron chi connectivity index (χ2n) is 10.4. The maximum Gasteiger partial charge on any atom is 0.276 e. The zero-order valence-corrected chi connectivity index (χ0v) is 23.2. The molecule has 0 radical (unpaired) electrons. The summed E-state index contributed by atoms with van der Waals surface area (Å²) in [7, 11) is 0. The number of halogens is 4. The summed E-state index contributed by atoms with van der Waals surface area (Å²) in [6, 6.07) is 3.90. The van der Waals surface area contributed by atoms with Crippen molar-refractivity contribution in [2.45, 2.75) is 39.7 Å². The Morgan fingerprint density at radius 2 is 2.00 bits per heavy atom. The number of anilines is 2. The van der Waals surface area contributed by atoms with Crippen LogP contribution in [-0.2, 0) is 11.3 Å². The number of hydrogen-bond donors (Lipinski definition) is 1. The average molecular weight is 597 g/mol. The van der Waals surface area contributed by atoms with Gasteiger partial charge in [0.25, 0.3) is 12.3 Å². The Morgan fingerprint density at radius 3 is 2.67 bits per heavy atom. The van der Waals surface area contributed by atoms with Crippen LogP contribution < -0.4 is 10.2 Å². The molecule has 10 nitrogen and oxygen atoms in total. The minimum Gasteiger partial charge on any atom is -0.318 e. The van der Waals surface area contributed by atoms with Gasteiger partial charge < -0.3 is 5.32 Å². The van der Waals surface area contributed by atoms with Crippen LogP contribution in [-0.4, -0.2) is 48.3 Å². The summed E-state index contributed by atoms with van der Waals surface area (Å²) < 4.78 is 43.5. The minimum atomic E-state index is -3.00. The van der Waals surface area contributed by atoms with Crippen LogP contribution >= 0.6 is 11.6 Å². The van der Waals surface area contributed by atoms with Crippen LogP contribution in [0.1, 0.15) is 52.3 Å². The van der Waals surface area contributed by atoms with Gasteiger partial charge in [-0.2, -0.15) is 10.2 Å². The van der Waals surface area contributed by atoms with Crippen molar-refractivity contribution in [3.8, 4) is 11.3 Å². The van der Waals surface area contributed by atoms with E-state index in [0.717, 1.165) is 36.7 Å². The molecular weight excluding hydrogens is 573 g/mol. The molecule has 1 saturated carbocycles. The third kappa shape index (κ3) is 4.97. The summed E-state index contributed by atoms with van der Waals surface area (Å²) in [6.45, 7) is 4.33. The molecule has 0 spiro atoms. The van der Waals surface area contributed by atoms with Gasteiger partial charge in [0.1, 0.15) is 5.69 Å². The Hall–Kier alpha value is -4.39. The number of nitrogens with one attached hydrogen (secondary N) is 1. The molecule has 6 rings (SSSR count). The lowest BCUT2D eigenvalue weighted by molar-refractivity contribution is -0.123. The molecule has 4 heterocycles. The number of amides is 2. The predicted molar refractivity (Wildman–Crippen MR) is 147 cm³/mol. The molecule has 42 heavy (non-hydrogen) atoms. The molecule has 1 aliphatic carbocycles. The van der Waals surface area contributed by atoms with Crippen LogP contribution in [0.3, 0.4) is 0 Å². The van der Waals surface area contributed by atoms with Crippen molar-refractivity contribution in [2.75, 3.05) is 16.8 Å². The van der Waals surface area contributed by atoms with E-state index in [9.17, 15) is 22.8 Å². The lowest BCUT2D eigenvalue weighted by Gasteiger charge is -2.25. The van der Waals surface area contributed by atoms with Crippen molar-refractivity contribution in [1.29, 1.82) is 0 Å². The van der Waals surface area contributed by atoms with Gasteiger partial charge in [-0.25, -0.2) is 18.2 Å². The number of rotatable bonds is 7. The first kappa shape index (κ1) is 27.8. The van der Waals surface area contributed by atoms with E-state index in [2.05, 4.69) is 30.6 Å². The number of benzene rings is 1. The molecule has 1 saturated heterocycles. The molecule has 2 fully saturated rings. The molecule has 14 heteroatoms. The van der Waals surface area contributed by atoms with Gasteiger partial charge in [0.2, 0.25) is 5.91 Å². The topological polar surface area (TPSA) is 119 Å². The minimum absolute atomic E-state index is 0.105. The van der Waals surface area contributed by atoms with Crippen LogP contribution in [0.4, 0.5) is 24.7 Å². The van der Waals surface area contributed by atoms with Crippen LogP contribution in [0.15, 0.2) is 36.8 Å². The largest absolute Gasteiger partial charge is 0.318 e. The van der Waals surface area contributed by atoms with E-state index in [0.29, 0.717) is 29.7 Å². The Balaban J connectivity index is 1.17. The Kier molecular flexibility index (Phi) is 7.13. The molecule has 0 unspecified atom stereocenters. The molecule has 1 aliphatic heterocycles. The molecule has 0 bridgehead atoms. The summed E-state index contributed by atoms with van der Waals surface area (Å²) in [5, 5.41) is 15.1. The monoisotopic (exact) mass is 596 g/mol. The SMILES string of the molecule is Cc1cc(Cn2cc(NC(=O)c3nc(-c4c(C(F)F)ccc(Cl)c4F)cnc3C)cn2)nnc1N1C[C@H]2CC[C@H]2C1=O. The quantitative estimate of drug-likeness (QED) is 0.313. The van der Waals surface area contributed by atoms with Crippen LogP contribution in [0.5, 0.6) is 0 Å². The van der Waals surface area contributed by atoms with Gasteiger partial charge in [0.05, 0.1) is 46.7 Å². The van der Waals surface area contributed by atoms with Crippen LogP contribution in [0, 0.1) is 31.5 Å².